The maximum atomic E-state index is 10.9. The fourth-order valence-corrected chi connectivity index (χ4v) is 1.05. The first-order valence-electron chi connectivity index (χ1n) is 3.16. The van der Waals surface area contributed by atoms with Crippen molar-refractivity contribution in [3.8, 4) is 0 Å². The van der Waals surface area contributed by atoms with Crippen molar-refractivity contribution in [1.29, 1.82) is 0 Å². The molecule has 0 spiro atoms. The lowest BCUT2D eigenvalue weighted by molar-refractivity contribution is 0.0724. The lowest BCUT2D eigenvalue weighted by Crippen LogP contribution is -1.98. The third-order valence-corrected chi connectivity index (χ3v) is 1.57. The van der Waals surface area contributed by atoms with E-state index in [4.69, 9.17) is 4.79 Å². The molecule has 1 aromatic carbocycles. The SMILES string of the molecule is O=C1OC(=[OH+])c2ccccc21. The third-order valence-electron chi connectivity index (χ3n) is 1.57. The van der Waals surface area contributed by atoms with Gasteiger partial charge in [-0.15, -0.1) is 0 Å². The summed E-state index contributed by atoms with van der Waals surface area (Å²) in [7, 11) is 0. The van der Waals surface area contributed by atoms with Gasteiger partial charge >= 0.3 is 11.9 Å². The second kappa shape index (κ2) is 1.92. The summed E-state index contributed by atoms with van der Waals surface area (Å²) in [6.45, 7) is 0. The van der Waals surface area contributed by atoms with Crippen LogP contribution < -0.4 is 0 Å². The zero-order valence-corrected chi connectivity index (χ0v) is 5.57. The van der Waals surface area contributed by atoms with Gasteiger partial charge in [-0.05, 0) is 12.1 Å². The Morgan fingerprint density at radius 2 is 1.82 bits per heavy atom. The molecule has 1 N–H and O–H groups in total. The summed E-state index contributed by atoms with van der Waals surface area (Å²) in [6.07, 6.45) is 0. The second-order valence-corrected chi connectivity index (χ2v) is 2.24. The molecule has 3 nitrogen and oxygen atoms in total. The topological polar surface area (TPSA) is 47.7 Å². The molecular formula is C8H5O3+. The van der Waals surface area contributed by atoms with Gasteiger partial charge < -0.3 is 4.79 Å². The highest BCUT2D eigenvalue weighted by Crippen LogP contribution is 2.17. The van der Waals surface area contributed by atoms with E-state index in [-0.39, 0.29) is 5.97 Å². The number of carbonyl (C=O) groups is 1. The number of cyclic esters (lactones) is 2. The molecule has 1 aliphatic rings. The van der Waals surface area contributed by atoms with Crippen molar-refractivity contribution >= 4 is 11.9 Å². The van der Waals surface area contributed by atoms with Crippen molar-refractivity contribution in [2.45, 2.75) is 0 Å². The number of rotatable bonds is 0. The van der Waals surface area contributed by atoms with Gasteiger partial charge in [-0.25, -0.2) is 9.53 Å². The maximum Gasteiger partial charge on any atom is 0.527 e. The molecule has 1 aromatic rings. The van der Waals surface area contributed by atoms with Crippen LogP contribution in [0.5, 0.6) is 0 Å². The van der Waals surface area contributed by atoms with Crippen molar-refractivity contribution < 1.29 is 14.3 Å². The minimum atomic E-state index is -0.488. The van der Waals surface area contributed by atoms with Crippen LogP contribution in [0.25, 0.3) is 0 Å². The van der Waals surface area contributed by atoms with Crippen molar-refractivity contribution in [3.63, 3.8) is 0 Å². The van der Waals surface area contributed by atoms with Crippen LogP contribution in [0, 0.1) is 0 Å². The van der Waals surface area contributed by atoms with Crippen LogP contribution in [0.2, 0.25) is 0 Å². The number of ether oxygens (including phenoxy) is 1. The summed E-state index contributed by atoms with van der Waals surface area (Å²) in [6, 6.07) is 6.70. The summed E-state index contributed by atoms with van der Waals surface area (Å²) in [4.78, 5) is 19.9. The van der Waals surface area contributed by atoms with E-state index in [0.29, 0.717) is 11.1 Å². The van der Waals surface area contributed by atoms with E-state index in [0.717, 1.165) is 0 Å². The fraction of sp³-hybridized carbons (Fsp3) is 0. The highest BCUT2D eigenvalue weighted by molar-refractivity contribution is 6.14. The van der Waals surface area contributed by atoms with E-state index in [2.05, 4.69) is 4.74 Å². The number of hydrogen-bond acceptors (Lipinski definition) is 2. The molecule has 3 heteroatoms. The van der Waals surface area contributed by atoms with Gasteiger partial charge in [0.1, 0.15) is 11.1 Å². The molecule has 2 rings (SSSR count). The summed E-state index contributed by atoms with van der Waals surface area (Å²) >= 11 is 0. The highest BCUT2D eigenvalue weighted by atomic mass is 16.6. The Labute approximate surface area is 62.6 Å². The van der Waals surface area contributed by atoms with Crippen molar-refractivity contribution in [1.82, 2.24) is 0 Å². The first kappa shape index (κ1) is 6.09. The Balaban J connectivity index is 2.69. The Hall–Kier alpha value is -1.64. The van der Waals surface area contributed by atoms with E-state index >= 15 is 0 Å². The molecule has 0 amide bonds. The van der Waals surface area contributed by atoms with Crippen LogP contribution in [-0.2, 0) is 4.74 Å². The molecule has 11 heavy (non-hydrogen) atoms. The zero-order chi connectivity index (χ0) is 7.84. The summed E-state index contributed by atoms with van der Waals surface area (Å²) in [5.74, 6) is -0.788. The molecule has 54 valence electrons. The number of carbonyl (C=O) groups excluding carboxylic acids is 2. The van der Waals surface area contributed by atoms with Crippen LogP contribution in [0.1, 0.15) is 15.9 Å². The van der Waals surface area contributed by atoms with Crippen LogP contribution in [0.4, 0.5) is 0 Å². The van der Waals surface area contributed by atoms with Crippen molar-refractivity contribution in [2.75, 3.05) is 0 Å². The van der Waals surface area contributed by atoms with Crippen LogP contribution >= 0.6 is 0 Å². The molecule has 0 aromatic heterocycles. The van der Waals surface area contributed by atoms with E-state index in [1.807, 2.05) is 0 Å². The summed E-state index contributed by atoms with van der Waals surface area (Å²) in [5, 5.41) is 0. The molecule has 0 unspecified atom stereocenters. The molecule has 1 heterocycles. The molecule has 0 fully saturated rings. The van der Waals surface area contributed by atoms with E-state index in [9.17, 15) is 4.79 Å². The van der Waals surface area contributed by atoms with Gasteiger partial charge in [-0.3, -0.25) is 0 Å². The van der Waals surface area contributed by atoms with Gasteiger partial charge in [0.2, 0.25) is 0 Å². The minimum absolute atomic E-state index is 0.300. The normalized spacial score (nSPS) is 14.5. The van der Waals surface area contributed by atoms with E-state index in [1.54, 1.807) is 24.3 Å². The molecule has 1 aliphatic heterocycles. The average molecular weight is 149 g/mol. The van der Waals surface area contributed by atoms with Crippen molar-refractivity contribution in [3.05, 3.63) is 35.4 Å². The number of hydrogen-bond donors (Lipinski definition) is 0. The second-order valence-electron chi connectivity index (χ2n) is 2.24. The molecule has 0 aliphatic carbocycles. The zero-order valence-electron chi connectivity index (χ0n) is 5.57. The largest absolute Gasteiger partial charge is 0.527 e. The third kappa shape index (κ3) is 0.741. The van der Waals surface area contributed by atoms with E-state index < -0.39 is 5.97 Å². The van der Waals surface area contributed by atoms with Crippen LogP contribution in [0.3, 0.4) is 0 Å². The summed E-state index contributed by atoms with van der Waals surface area (Å²) in [5.41, 5.74) is 0.891. The van der Waals surface area contributed by atoms with Gasteiger partial charge in [0.25, 0.3) is 0 Å². The Morgan fingerprint density at radius 1 is 1.18 bits per heavy atom. The van der Waals surface area contributed by atoms with Crippen molar-refractivity contribution in [2.24, 2.45) is 0 Å². The van der Waals surface area contributed by atoms with Gasteiger partial charge in [-0.1, -0.05) is 12.1 Å². The van der Waals surface area contributed by atoms with Gasteiger partial charge in [0.05, 0.1) is 0 Å². The maximum absolute atomic E-state index is 10.9. The first-order valence-corrected chi connectivity index (χ1v) is 3.16. The Bertz CT molecular complexity index is 308. The van der Waals surface area contributed by atoms with Gasteiger partial charge in [0, 0.05) is 0 Å². The predicted molar refractivity (Wildman–Crippen MR) is 37.9 cm³/mol. The quantitative estimate of drug-likeness (QED) is 0.310. The number of esters is 2. The first-order chi connectivity index (χ1) is 5.29. The summed E-state index contributed by atoms with van der Waals surface area (Å²) < 4.78 is 4.46. The molecule has 0 saturated carbocycles. The van der Waals surface area contributed by atoms with Gasteiger partial charge in [0.15, 0.2) is 0 Å². The Morgan fingerprint density at radius 3 is 2.45 bits per heavy atom. The number of benzene rings is 1. The minimum Gasteiger partial charge on any atom is -0.335 e. The average Bonchev–Trinajstić information content (AvgIpc) is 2.30. The Kier molecular flexibility index (Phi) is 1.06. The molecule has 0 atom stereocenters. The fourth-order valence-electron chi connectivity index (χ4n) is 1.05. The lowest BCUT2D eigenvalue weighted by Gasteiger charge is -1.82. The monoisotopic (exact) mass is 149 g/mol. The van der Waals surface area contributed by atoms with Crippen LogP contribution in [-0.4, -0.2) is 16.7 Å². The highest BCUT2D eigenvalue weighted by Gasteiger charge is 2.37. The molecule has 0 saturated heterocycles. The molecule has 0 bridgehead atoms. The standard InChI is InChI=1S/C8H4O3/c9-7-5-3-1-2-4-6(5)8(10)11-7/h1-4H/p+1. The lowest BCUT2D eigenvalue weighted by atomic mass is 10.1. The molecule has 0 radical (unpaired) electrons. The van der Waals surface area contributed by atoms with E-state index in [1.165, 1.54) is 0 Å². The van der Waals surface area contributed by atoms with Crippen LogP contribution in [0.15, 0.2) is 24.3 Å². The molecular weight excluding hydrogens is 144 g/mol. The smallest absolute Gasteiger partial charge is 0.335 e. The van der Waals surface area contributed by atoms with Gasteiger partial charge in [-0.2, -0.15) is 0 Å². The number of fused-ring (bicyclic) bond motifs is 1. The predicted octanol–water partition coefficient (Wildman–Crippen LogP) is 0.708.